The van der Waals surface area contributed by atoms with E-state index in [4.69, 9.17) is 0 Å². The smallest absolute Gasteiger partial charge is 0.269 e. The minimum absolute atomic E-state index is 0. The van der Waals surface area contributed by atoms with Gasteiger partial charge >= 0.3 is 0 Å². The molecule has 1 N–H and O–H groups in total. The van der Waals surface area contributed by atoms with E-state index in [0.717, 1.165) is 38.2 Å². The minimum Gasteiger partial charge on any atom is -0.314 e. The number of nitrogens with one attached hydrogen (secondary N) is 1. The van der Waals surface area contributed by atoms with E-state index < -0.39 is 0 Å². The van der Waals surface area contributed by atoms with Crippen molar-refractivity contribution < 1.29 is 4.92 Å². The van der Waals surface area contributed by atoms with E-state index in [1.54, 1.807) is 18.2 Å². The van der Waals surface area contributed by atoms with Crippen molar-refractivity contribution in [3.63, 3.8) is 0 Å². The van der Waals surface area contributed by atoms with Crippen LogP contribution in [0.25, 0.3) is 0 Å². The molecule has 0 aliphatic carbocycles. The van der Waals surface area contributed by atoms with Gasteiger partial charge in [-0.25, -0.2) is 0 Å². The minimum atomic E-state index is -0.311. The zero-order valence-corrected chi connectivity index (χ0v) is 14.7. The summed E-state index contributed by atoms with van der Waals surface area (Å²) in [6.07, 6.45) is 1.07. The van der Waals surface area contributed by atoms with E-state index in [-0.39, 0.29) is 41.5 Å². The van der Waals surface area contributed by atoms with E-state index in [1.165, 1.54) is 0 Å². The summed E-state index contributed by atoms with van der Waals surface area (Å²) in [4.78, 5) is 13.1. The van der Waals surface area contributed by atoms with E-state index in [1.807, 2.05) is 6.07 Å². The lowest BCUT2D eigenvalue weighted by molar-refractivity contribution is -0.385. The van der Waals surface area contributed by atoms with Crippen LogP contribution in [0.2, 0.25) is 0 Å². The number of hydrogen-bond donors (Lipinski definition) is 1. The van der Waals surface area contributed by atoms with Crippen LogP contribution in [0.5, 0.6) is 0 Å². The van der Waals surface area contributed by atoms with E-state index in [9.17, 15) is 10.1 Å². The number of rotatable bonds is 5. The monoisotopic (exact) mass is 349 g/mol. The summed E-state index contributed by atoms with van der Waals surface area (Å²) in [7, 11) is 0. The number of nitro benzene ring substituents is 1. The van der Waals surface area contributed by atoms with Crippen LogP contribution in [0.4, 0.5) is 5.69 Å². The molecule has 0 aromatic heterocycles. The van der Waals surface area contributed by atoms with Crippen LogP contribution < -0.4 is 5.32 Å². The molecule has 0 spiro atoms. The van der Waals surface area contributed by atoms with Gasteiger partial charge in [-0.3, -0.25) is 15.0 Å². The maximum atomic E-state index is 11.0. The van der Waals surface area contributed by atoms with Crippen molar-refractivity contribution in [1.82, 2.24) is 10.2 Å². The second-order valence-corrected chi connectivity index (χ2v) is 5.47. The highest BCUT2D eigenvalue weighted by Crippen LogP contribution is 2.32. The Balaban J connectivity index is 0.00000220. The third kappa shape index (κ3) is 5.09. The quantitative estimate of drug-likeness (QED) is 0.653. The molecule has 126 valence electrons. The van der Waals surface area contributed by atoms with Crippen LogP contribution >= 0.6 is 24.8 Å². The van der Waals surface area contributed by atoms with Crippen LogP contribution in [-0.2, 0) is 0 Å². The SMILES string of the molecule is CCC(C)[C@H](c1cccc([N+](=O)[O-])c1)N1CCNCC1.Cl.Cl. The number of piperazine rings is 1. The number of benzene rings is 1. The van der Waals surface area contributed by atoms with Gasteiger partial charge in [0, 0.05) is 44.4 Å². The summed E-state index contributed by atoms with van der Waals surface area (Å²) >= 11 is 0. The Bertz CT molecular complexity index is 468. The van der Waals surface area contributed by atoms with Crippen molar-refractivity contribution in [2.75, 3.05) is 26.2 Å². The number of non-ortho nitro benzene ring substituents is 1. The molecular weight excluding hydrogens is 325 g/mol. The molecule has 0 saturated carbocycles. The summed E-state index contributed by atoms with van der Waals surface area (Å²) in [5.74, 6) is 0.482. The molecule has 5 nitrogen and oxygen atoms in total. The normalized spacial score (nSPS) is 17.7. The summed E-state index contributed by atoms with van der Waals surface area (Å²) in [6.45, 7) is 8.38. The lowest BCUT2D eigenvalue weighted by atomic mass is 9.90. The molecule has 1 aromatic carbocycles. The van der Waals surface area contributed by atoms with Crippen molar-refractivity contribution in [3.8, 4) is 0 Å². The topological polar surface area (TPSA) is 58.4 Å². The molecule has 1 fully saturated rings. The van der Waals surface area contributed by atoms with Gasteiger partial charge in [-0.2, -0.15) is 0 Å². The number of hydrogen-bond acceptors (Lipinski definition) is 4. The van der Waals surface area contributed by atoms with Gasteiger partial charge in [0.05, 0.1) is 4.92 Å². The first-order valence-corrected chi connectivity index (χ1v) is 7.32. The van der Waals surface area contributed by atoms with Gasteiger partial charge in [-0.1, -0.05) is 32.4 Å². The van der Waals surface area contributed by atoms with E-state index >= 15 is 0 Å². The van der Waals surface area contributed by atoms with Gasteiger partial charge in [0.1, 0.15) is 0 Å². The Morgan fingerprint density at radius 1 is 1.32 bits per heavy atom. The van der Waals surface area contributed by atoms with Crippen LogP contribution in [0.3, 0.4) is 0 Å². The molecule has 1 heterocycles. The van der Waals surface area contributed by atoms with Crippen molar-refractivity contribution in [2.24, 2.45) is 5.92 Å². The lowest BCUT2D eigenvalue weighted by Gasteiger charge is -2.38. The van der Waals surface area contributed by atoms with Gasteiger partial charge in [0.15, 0.2) is 0 Å². The zero-order chi connectivity index (χ0) is 14.5. The van der Waals surface area contributed by atoms with Gasteiger partial charge in [0.2, 0.25) is 0 Å². The molecule has 0 radical (unpaired) electrons. The Hall–Kier alpha value is -0.880. The highest BCUT2D eigenvalue weighted by atomic mass is 35.5. The van der Waals surface area contributed by atoms with Crippen LogP contribution in [-0.4, -0.2) is 36.0 Å². The molecule has 1 unspecified atom stereocenters. The predicted molar refractivity (Wildman–Crippen MR) is 94.2 cm³/mol. The first-order chi connectivity index (χ1) is 9.63. The fourth-order valence-corrected chi connectivity index (χ4v) is 2.91. The first-order valence-electron chi connectivity index (χ1n) is 7.32. The Morgan fingerprint density at radius 3 is 2.50 bits per heavy atom. The fourth-order valence-electron chi connectivity index (χ4n) is 2.91. The summed E-state index contributed by atoms with van der Waals surface area (Å²) in [5, 5.41) is 14.3. The zero-order valence-electron chi connectivity index (χ0n) is 13.0. The van der Waals surface area contributed by atoms with Crippen molar-refractivity contribution in [2.45, 2.75) is 26.3 Å². The Labute approximate surface area is 144 Å². The van der Waals surface area contributed by atoms with Crippen molar-refractivity contribution >= 4 is 30.5 Å². The molecule has 1 aliphatic heterocycles. The average Bonchev–Trinajstić information content (AvgIpc) is 2.48. The molecular formula is C15H25Cl2N3O2. The largest absolute Gasteiger partial charge is 0.314 e. The Kier molecular flexibility index (Phi) is 9.60. The second kappa shape index (κ2) is 10.0. The third-order valence-corrected chi connectivity index (χ3v) is 4.15. The van der Waals surface area contributed by atoms with Crippen LogP contribution in [0.1, 0.15) is 31.9 Å². The van der Waals surface area contributed by atoms with Gasteiger partial charge in [-0.15, -0.1) is 24.8 Å². The molecule has 1 aromatic rings. The number of nitro groups is 1. The standard InChI is InChI=1S/C15H23N3O2.2ClH/c1-3-12(2)15(17-9-7-16-8-10-17)13-5-4-6-14(11-13)18(19)20;;/h4-6,11-12,15-16H,3,7-10H2,1-2H3;2*1H/t12?,15-;;/m1../s1. The summed E-state index contributed by atoms with van der Waals surface area (Å²) in [6, 6.07) is 7.38. The first kappa shape index (κ1) is 21.1. The number of halogens is 2. The molecule has 0 amide bonds. The molecule has 1 aliphatic rings. The molecule has 1 saturated heterocycles. The second-order valence-electron chi connectivity index (χ2n) is 5.47. The van der Waals surface area contributed by atoms with Crippen LogP contribution in [0.15, 0.2) is 24.3 Å². The van der Waals surface area contributed by atoms with Crippen molar-refractivity contribution in [3.05, 3.63) is 39.9 Å². The van der Waals surface area contributed by atoms with E-state index in [2.05, 4.69) is 24.1 Å². The highest BCUT2D eigenvalue weighted by Gasteiger charge is 2.27. The lowest BCUT2D eigenvalue weighted by Crippen LogP contribution is -2.46. The molecule has 2 atom stereocenters. The third-order valence-electron chi connectivity index (χ3n) is 4.15. The van der Waals surface area contributed by atoms with Crippen molar-refractivity contribution in [1.29, 1.82) is 0 Å². The maximum absolute atomic E-state index is 11.0. The molecule has 2 rings (SSSR count). The fraction of sp³-hybridized carbons (Fsp3) is 0.600. The maximum Gasteiger partial charge on any atom is 0.269 e. The average molecular weight is 350 g/mol. The summed E-state index contributed by atoms with van der Waals surface area (Å²) in [5.41, 5.74) is 1.25. The Morgan fingerprint density at radius 2 is 1.95 bits per heavy atom. The highest BCUT2D eigenvalue weighted by molar-refractivity contribution is 5.85. The van der Waals surface area contributed by atoms with E-state index in [0.29, 0.717) is 5.92 Å². The van der Waals surface area contributed by atoms with Gasteiger partial charge < -0.3 is 5.32 Å². The molecule has 7 heteroatoms. The van der Waals surface area contributed by atoms with Gasteiger partial charge in [-0.05, 0) is 11.5 Å². The summed E-state index contributed by atoms with van der Waals surface area (Å²) < 4.78 is 0. The molecule has 22 heavy (non-hydrogen) atoms. The molecule has 0 bridgehead atoms. The van der Waals surface area contributed by atoms with Crippen LogP contribution in [0, 0.1) is 16.0 Å². The van der Waals surface area contributed by atoms with Gasteiger partial charge in [0.25, 0.3) is 5.69 Å². The number of nitrogens with zero attached hydrogens (tertiary/aromatic N) is 2. The predicted octanol–water partition coefficient (Wildman–Crippen LogP) is 3.43.